The molecular formula is C19H16BrFN4OS. The maximum atomic E-state index is 13.8. The van der Waals surface area contributed by atoms with E-state index in [1.165, 1.54) is 13.0 Å². The number of halogens is 2. The van der Waals surface area contributed by atoms with Crippen molar-refractivity contribution in [3.05, 3.63) is 76.1 Å². The van der Waals surface area contributed by atoms with Crippen LogP contribution in [0.4, 0.5) is 15.9 Å². The predicted molar refractivity (Wildman–Crippen MR) is 112 cm³/mol. The summed E-state index contributed by atoms with van der Waals surface area (Å²) in [4.78, 5) is 11.3. The SMILES string of the molecule is CC(=O)c1ccc(NC(=S)Nc2nn(Cc3ccccc3F)cc2Br)cc1. The summed E-state index contributed by atoms with van der Waals surface area (Å²) in [5.41, 5.74) is 1.93. The normalized spacial score (nSPS) is 10.5. The molecule has 0 amide bonds. The molecule has 0 radical (unpaired) electrons. The summed E-state index contributed by atoms with van der Waals surface area (Å²) >= 11 is 8.73. The first-order chi connectivity index (χ1) is 12.9. The molecular weight excluding hydrogens is 431 g/mol. The van der Waals surface area contributed by atoms with E-state index in [0.717, 1.165) is 5.69 Å². The Hall–Kier alpha value is -2.58. The quantitative estimate of drug-likeness (QED) is 0.433. The van der Waals surface area contributed by atoms with Gasteiger partial charge in [0.05, 0.1) is 11.0 Å². The lowest BCUT2D eigenvalue weighted by atomic mass is 10.1. The molecule has 0 spiro atoms. The van der Waals surface area contributed by atoms with Gasteiger partial charge in [0, 0.05) is 23.0 Å². The largest absolute Gasteiger partial charge is 0.332 e. The van der Waals surface area contributed by atoms with Gasteiger partial charge in [-0.3, -0.25) is 9.48 Å². The van der Waals surface area contributed by atoms with Gasteiger partial charge in [-0.05, 0) is 65.4 Å². The van der Waals surface area contributed by atoms with Crippen molar-refractivity contribution >= 4 is 50.5 Å². The fourth-order valence-electron chi connectivity index (χ4n) is 2.42. The van der Waals surface area contributed by atoms with Crippen molar-refractivity contribution in [3.8, 4) is 0 Å². The topological polar surface area (TPSA) is 59.0 Å². The lowest BCUT2D eigenvalue weighted by molar-refractivity contribution is 0.101. The summed E-state index contributed by atoms with van der Waals surface area (Å²) in [5.74, 6) is 0.251. The van der Waals surface area contributed by atoms with Crippen molar-refractivity contribution in [1.82, 2.24) is 9.78 Å². The first-order valence-corrected chi connectivity index (χ1v) is 9.28. The molecule has 0 unspecified atom stereocenters. The van der Waals surface area contributed by atoms with E-state index in [4.69, 9.17) is 12.2 Å². The van der Waals surface area contributed by atoms with Crippen molar-refractivity contribution in [2.75, 3.05) is 10.6 Å². The zero-order chi connectivity index (χ0) is 19.4. The van der Waals surface area contributed by atoms with E-state index < -0.39 is 0 Å². The van der Waals surface area contributed by atoms with Crippen molar-refractivity contribution in [3.63, 3.8) is 0 Å². The number of hydrogen-bond donors (Lipinski definition) is 2. The lowest BCUT2D eigenvalue weighted by Gasteiger charge is -2.09. The molecule has 5 nitrogen and oxygen atoms in total. The maximum absolute atomic E-state index is 13.8. The molecule has 2 N–H and O–H groups in total. The van der Waals surface area contributed by atoms with Crippen LogP contribution in [0.1, 0.15) is 22.8 Å². The highest BCUT2D eigenvalue weighted by atomic mass is 79.9. The number of benzene rings is 2. The average Bonchev–Trinajstić information content (AvgIpc) is 2.96. The number of thiocarbonyl (C=S) groups is 1. The van der Waals surface area contributed by atoms with Gasteiger partial charge in [-0.1, -0.05) is 18.2 Å². The average molecular weight is 447 g/mol. The first-order valence-electron chi connectivity index (χ1n) is 8.08. The van der Waals surface area contributed by atoms with Crippen LogP contribution < -0.4 is 10.6 Å². The molecule has 8 heteroatoms. The summed E-state index contributed by atoms with van der Waals surface area (Å²) in [6.07, 6.45) is 1.75. The van der Waals surface area contributed by atoms with Gasteiger partial charge in [0.15, 0.2) is 16.7 Å². The van der Waals surface area contributed by atoms with E-state index in [2.05, 4.69) is 31.7 Å². The van der Waals surface area contributed by atoms with Crippen LogP contribution in [-0.4, -0.2) is 20.7 Å². The number of Topliss-reactive ketones (excluding diaryl/α,β-unsaturated/α-hetero) is 1. The van der Waals surface area contributed by atoms with Crippen LogP contribution in [-0.2, 0) is 6.54 Å². The van der Waals surface area contributed by atoms with Crippen LogP contribution in [0.2, 0.25) is 0 Å². The maximum Gasteiger partial charge on any atom is 0.176 e. The van der Waals surface area contributed by atoms with Crippen LogP contribution in [0.3, 0.4) is 0 Å². The number of ketones is 1. The second-order valence-electron chi connectivity index (χ2n) is 5.83. The van der Waals surface area contributed by atoms with E-state index in [-0.39, 0.29) is 11.6 Å². The zero-order valence-corrected chi connectivity index (χ0v) is 16.8. The van der Waals surface area contributed by atoms with Crippen molar-refractivity contribution in [2.24, 2.45) is 0 Å². The molecule has 0 atom stereocenters. The molecule has 0 aliphatic rings. The summed E-state index contributed by atoms with van der Waals surface area (Å²) in [5, 5.41) is 10.8. The number of nitrogens with one attached hydrogen (secondary N) is 2. The molecule has 0 fully saturated rings. The van der Waals surface area contributed by atoms with E-state index in [1.54, 1.807) is 53.3 Å². The van der Waals surface area contributed by atoms with Gasteiger partial charge in [-0.15, -0.1) is 0 Å². The highest BCUT2D eigenvalue weighted by Gasteiger charge is 2.10. The van der Waals surface area contributed by atoms with Gasteiger partial charge in [-0.25, -0.2) is 4.39 Å². The third-order valence-electron chi connectivity index (χ3n) is 3.79. The van der Waals surface area contributed by atoms with Gasteiger partial charge >= 0.3 is 0 Å². The third-order valence-corrected chi connectivity index (χ3v) is 4.57. The van der Waals surface area contributed by atoms with Crippen molar-refractivity contribution in [2.45, 2.75) is 13.5 Å². The molecule has 0 bridgehead atoms. The van der Waals surface area contributed by atoms with Gasteiger partial charge in [0.2, 0.25) is 0 Å². The molecule has 0 aliphatic carbocycles. The molecule has 0 aliphatic heterocycles. The van der Waals surface area contributed by atoms with E-state index >= 15 is 0 Å². The smallest absolute Gasteiger partial charge is 0.176 e. The number of carbonyl (C=O) groups excluding carboxylic acids is 1. The van der Waals surface area contributed by atoms with Crippen LogP contribution in [0, 0.1) is 5.82 Å². The van der Waals surface area contributed by atoms with Crippen LogP contribution in [0.5, 0.6) is 0 Å². The molecule has 138 valence electrons. The third kappa shape index (κ3) is 4.99. The number of carbonyl (C=O) groups is 1. The first kappa shape index (κ1) is 19.2. The predicted octanol–water partition coefficient (Wildman–Crippen LogP) is 4.84. The standard InChI is InChI=1S/C19H16BrFN4OS/c1-12(26)13-6-8-15(9-7-13)22-19(27)23-18-16(20)11-25(24-18)10-14-4-2-3-5-17(14)21/h2-9,11H,10H2,1H3,(H2,22,23,24,27). The number of anilines is 2. The van der Waals surface area contributed by atoms with Crippen molar-refractivity contribution in [1.29, 1.82) is 0 Å². The molecule has 0 saturated heterocycles. The summed E-state index contributed by atoms with van der Waals surface area (Å²) in [7, 11) is 0. The number of aromatic nitrogens is 2. The van der Waals surface area contributed by atoms with Crippen molar-refractivity contribution < 1.29 is 9.18 Å². The Labute approximate surface area is 169 Å². The molecule has 3 aromatic rings. The second kappa shape index (κ2) is 8.41. The van der Waals surface area contributed by atoms with Crippen LogP contribution in [0.25, 0.3) is 0 Å². The zero-order valence-electron chi connectivity index (χ0n) is 14.4. The molecule has 27 heavy (non-hydrogen) atoms. The minimum Gasteiger partial charge on any atom is -0.332 e. The van der Waals surface area contributed by atoms with Crippen LogP contribution >= 0.6 is 28.1 Å². The van der Waals surface area contributed by atoms with Gasteiger partial charge in [0.25, 0.3) is 0 Å². The van der Waals surface area contributed by atoms with Gasteiger partial charge < -0.3 is 10.6 Å². The highest BCUT2D eigenvalue weighted by molar-refractivity contribution is 9.10. The lowest BCUT2D eigenvalue weighted by Crippen LogP contribution is -2.19. The Morgan fingerprint density at radius 3 is 2.56 bits per heavy atom. The Kier molecular flexibility index (Phi) is 5.98. The van der Waals surface area contributed by atoms with E-state index in [0.29, 0.717) is 33.1 Å². The van der Waals surface area contributed by atoms with E-state index in [1.807, 2.05) is 0 Å². The number of nitrogens with zero attached hydrogens (tertiary/aromatic N) is 2. The second-order valence-corrected chi connectivity index (χ2v) is 7.09. The minimum absolute atomic E-state index is 0.00609. The Balaban J connectivity index is 1.65. The van der Waals surface area contributed by atoms with E-state index in [9.17, 15) is 9.18 Å². The summed E-state index contributed by atoms with van der Waals surface area (Å²) < 4.78 is 16.1. The fourth-order valence-corrected chi connectivity index (χ4v) is 3.05. The highest BCUT2D eigenvalue weighted by Crippen LogP contribution is 2.21. The summed E-state index contributed by atoms with van der Waals surface area (Å²) in [6.45, 7) is 1.82. The Morgan fingerprint density at radius 2 is 1.89 bits per heavy atom. The Morgan fingerprint density at radius 1 is 1.19 bits per heavy atom. The molecule has 2 aromatic carbocycles. The molecule has 1 heterocycles. The number of rotatable bonds is 5. The molecule has 0 saturated carbocycles. The molecule has 1 aromatic heterocycles. The molecule has 3 rings (SSSR count). The number of hydrogen-bond acceptors (Lipinski definition) is 3. The fraction of sp³-hybridized carbons (Fsp3) is 0.105. The Bertz CT molecular complexity index is 988. The summed E-state index contributed by atoms with van der Waals surface area (Å²) in [6, 6.07) is 13.6. The van der Waals surface area contributed by atoms with Gasteiger partial charge in [-0.2, -0.15) is 5.10 Å². The minimum atomic E-state index is -0.273. The monoisotopic (exact) mass is 446 g/mol. The van der Waals surface area contributed by atoms with Crippen LogP contribution in [0.15, 0.2) is 59.2 Å². The van der Waals surface area contributed by atoms with Gasteiger partial charge in [0.1, 0.15) is 5.82 Å².